The van der Waals surface area contributed by atoms with Gasteiger partial charge in [-0.15, -0.1) is 0 Å². The van der Waals surface area contributed by atoms with E-state index in [4.69, 9.17) is 0 Å². The Hall–Kier alpha value is -2.28. The third-order valence-electron chi connectivity index (χ3n) is 4.39. The Bertz CT molecular complexity index is 988. The maximum absolute atomic E-state index is 12.4. The van der Waals surface area contributed by atoms with Crippen LogP contribution in [0.3, 0.4) is 0 Å². The van der Waals surface area contributed by atoms with Crippen LogP contribution in [-0.2, 0) is 20.0 Å². The molecule has 3 aromatic rings. The molecule has 1 N–H and O–H groups in total. The van der Waals surface area contributed by atoms with E-state index in [9.17, 15) is 9.59 Å². The zero-order valence-corrected chi connectivity index (χ0v) is 16.0. The highest BCUT2D eigenvalue weighted by atomic mass is 32.2. The molecule has 7 heteroatoms. The first kappa shape index (κ1) is 18.5. The summed E-state index contributed by atoms with van der Waals surface area (Å²) in [6.45, 7) is 2.85. The first-order valence-corrected chi connectivity index (χ1v) is 9.96. The smallest absolute Gasteiger partial charge is 0.313 e. The number of fused-ring (bicyclic) bond motifs is 1. The van der Waals surface area contributed by atoms with Crippen LogP contribution in [0.2, 0.25) is 0 Å². The lowest BCUT2D eigenvalue weighted by atomic mass is 10.1. The SMILES string of the molecule is CCCCSc1nc2c(c(=O)[nH]c(=O)n2C)n1CCCc1ccccc1. The molecule has 0 bridgehead atoms. The second kappa shape index (κ2) is 8.40. The second-order valence-electron chi connectivity index (χ2n) is 6.33. The number of aromatic amines is 1. The number of benzene rings is 1. The zero-order chi connectivity index (χ0) is 18.5. The number of aromatic nitrogens is 4. The van der Waals surface area contributed by atoms with Crippen molar-refractivity contribution in [2.45, 2.75) is 44.3 Å². The molecule has 2 aromatic heterocycles. The number of aryl methyl sites for hydroxylation is 3. The summed E-state index contributed by atoms with van der Waals surface area (Å²) in [4.78, 5) is 31.3. The van der Waals surface area contributed by atoms with E-state index in [1.165, 1.54) is 10.1 Å². The number of imidazole rings is 1. The third-order valence-corrected chi connectivity index (χ3v) is 5.45. The summed E-state index contributed by atoms with van der Waals surface area (Å²) in [7, 11) is 1.64. The summed E-state index contributed by atoms with van der Waals surface area (Å²) in [5.74, 6) is 0.949. The van der Waals surface area contributed by atoms with E-state index in [0.29, 0.717) is 17.7 Å². The van der Waals surface area contributed by atoms with Crippen molar-refractivity contribution >= 4 is 22.9 Å². The summed E-state index contributed by atoms with van der Waals surface area (Å²) in [5.41, 5.74) is 1.43. The Morgan fingerprint density at radius 1 is 1.15 bits per heavy atom. The summed E-state index contributed by atoms with van der Waals surface area (Å²) < 4.78 is 3.38. The van der Waals surface area contributed by atoms with Crippen molar-refractivity contribution in [2.75, 3.05) is 5.75 Å². The van der Waals surface area contributed by atoms with Crippen molar-refractivity contribution < 1.29 is 0 Å². The predicted molar refractivity (Wildman–Crippen MR) is 106 cm³/mol. The van der Waals surface area contributed by atoms with E-state index in [0.717, 1.165) is 36.6 Å². The quantitative estimate of drug-likeness (QED) is 0.487. The number of thioether (sulfide) groups is 1. The topological polar surface area (TPSA) is 72.7 Å². The Morgan fingerprint density at radius 3 is 2.65 bits per heavy atom. The van der Waals surface area contributed by atoms with Crippen molar-refractivity contribution in [2.24, 2.45) is 7.05 Å². The van der Waals surface area contributed by atoms with Gasteiger partial charge in [-0.05, 0) is 24.8 Å². The minimum absolute atomic E-state index is 0.363. The van der Waals surface area contributed by atoms with E-state index in [-0.39, 0.29) is 5.56 Å². The largest absolute Gasteiger partial charge is 0.329 e. The van der Waals surface area contributed by atoms with Gasteiger partial charge in [0, 0.05) is 19.3 Å². The molecule has 138 valence electrons. The van der Waals surface area contributed by atoms with Crippen molar-refractivity contribution in [3.8, 4) is 0 Å². The first-order chi connectivity index (χ1) is 12.6. The van der Waals surface area contributed by atoms with Crippen LogP contribution in [0, 0.1) is 0 Å². The van der Waals surface area contributed by atoms with Crippen LogP contribution in [0.4, 0.5) is 0 Å². The van der Waals surface area contributed by atoms with Gasteiger partial charge in [-0.1, -0.05) is 55.4 Å². The molecule has 0 atom stereocenters. The maximum atomic E-state index is 12.4. The van der Waals surface area contributed by atoms with E-state index < -0.39 is 5.69 Å². The third kappa shape index (κ3) is 3.93. The molecule has 26 heavy (non-hydrogen) atoms. The van der Waals surface area contributed by atoms with E-state index in [1.807, 2.05) is 22.8 Å². The molecule has 0 spiro atoms. The molecular weight excluding hydrogens is 348 g/mol. The second-order valence-corrected chi connectivity index (χ2v) is 7.39. The van der Waals surface area contributed by atoms with Crippen LogP contribution < -0.4 is 11.2 Å². The van der Waals surface area contributed by atoms with Crippen molar-refractivity contribution in [3.63, 3.8) is 0 Å². The Labute approximate surface area is 156 Å². The highest BCUT2D eigenvalue weighted by molar-refractivity contribution is 7.99. The lowest BCUT2D eigenvalue weighted by Crippen LogP contribution is -2.29. The summed E-state index contributed by atoms with van der Waals surface area (Å²) in [6, 6.07) is 10.3. The molecule has 0 unspecified atom stereocenters. The fourth-order valence-corrected chi connectivity index (χ4v) is 4.03. The van der Waals surface area contributed by atoms with Gasteiger partial charge < -0.3 is 4.57 Å². The average Bonchev–Trinajstić information content (AvgIpc) is 3.00. The van der Waals surface area contributed by atoms with Gasteiger partial charge in [-0.25, -0.2) is 9.78 Å². The van der Waals surface area contributed by atoms with E-state index in [1.54, 1.807) is 18.8 Å². The van der Waals surface area contributed by atoms with Crippen LogP contribution in [0.25, 0.3) is 11.2 Å². The molecule has 1 aromatic carbocycles. The van der Waals surface area contributed by atoms with Crippen LogP contribution in [0.5, 0.6) is 0 Å². The molecule has 2 heterocycles. The fourth-order valence-electron chi connectivity index (χ4n) is 2.93. The lowest BCUT2D eigenvalue weighted by Gasteiger charge is -2.08. The minimum Gasteiger partial charge on any atom is -0.313 e. The molecule has 0 fully saturated rings. The molecule has 6 nitrogen and oxygen atoms in total. The van der Waals surface area contributed by atoms with Gasteiger partial charge in [-0.3, -0.25) is 14.3 Å². The van der Waals surface area contributed by atoms with Crippen molar-refractivity contribution in [3.05, 3.63) is 56.7 Å². The van der Waals surface area contributed by atoms with Crippen LogP contribution in [-0.4, -0.2) is 24.9 Å². The molecule has 0 aliphatic heterocycles. The molecule has 0 saturated carbocycles. The maximum Gasteiger partial charge on any atom is 0.329 e. The molecule has 0 aliphatic rings. The van der Waals surface area contributed by atoms with Gasteiger partial charge in [0.1, 0.15) is 0 Å². The van der Waals surface area contributed by atoms with Crippen LogP contribution in [0.15, 0.2) is 45.1 Å². The molecule has 3 rings (SSSR count). The van der Waals surface area contributed by atoms with Gasteiger partial charge in [-0.2, -0.15) is 0 Å². The van der Waals surface area contributed by atoms with Gasteiger partial charge in [0.2, 0.25) is 0 Å². The number of hydrogen-bond acceptors (Lipinski definition) is 4. The lowest BCUT2D eigenvalue weighted by molar-refractivity contribution is 0.608. The van der Waals surface area contributed by atoms with Gasteiger partial charge in [0.05, 0.1) is 0 Å². The van der Waals surface area contributed by atoms with Crippen molar-refractivity contribution in [1.29, 1.82) is 0 Å². The van der Waals surface area contributed by atoms with Crippen LogP contribution in [0.1, 0.15) is 31.7 Å². The zero-order valence-electron chi connectivity index (χ0n) is 15.2. The number of nitrogens with zero attached hydrogens (tertiary/aromatic N) is 3. The highest BCUT2D eigenvalue weighted by Gasteiger charge is 2.17. The molecule has 0 radical (unpaired) electrons. The minimum atomic E-state index is -0.429. The average molecular weight is 372 g/mol. The molecule has 0 saturated heterocycles. The van der Waals surface area contributed by atoms with Crippen LogP contribution >= 0.6 is 11.8 Å². The first-order valence-electron chi connectivity index (χ1n) is 8.98. The van der Waals surface area contributed by atoms with Gasteiger partial charge in [0.25, 0.3) is 5.56 Å². The predicted octanol–water partition coefficient (Wildman–Crippen LogP) is 2.95. The van der Waals surface area contributed by atoms with Gasteiger partial charge >= 0.3 is 5.69 Å². The van der Waals surface area contributed by atoms with E-state index in [2.05, 4.69) is 29.0 Å². The molecule has 0 amide bonds. The summed E-state index contributed by atoms with van der Waals surface area (Å²) in [5, 5.41) is 0.813. The molecule has 0 aliphatic carbocycles. The Balaban J connectivity index is 1.92. The number of nitrogens with one attached hydrogen (secondary N) is 1. The summed E-state index contributed by atoms with van der Waals surface area (Å²) in [6.07, 6.45) is 4.04. The van der Waals surface area contributed by atoms with Crippen molar-refractivity contribution in [1.82, 2.24) is 19.1 Å². The fraction of sp³-hybridized carbons (Fsp3) is 0.421. The number of unbranched alkanes of at least 4 members (excludes halogenated alkanes) is 1. The Kier molecular flexibility index (Phi) is 5.98. The van der Waals surface area contributed by atoms with Gasteiger partial charge in [0.15, 0.2) is 16.3 Å². The number of H-pyrrole nitrogens is 1. The number of hydrogen-bond donors (Lipinski definition) is 1. The summed E-state index contributed by atoms with van der Waals surface area (Å²) >= 11 is 1.65. The number of rotatable bonds is 8. The van der Waals surface area contributed by atoms with E-state index >= 15 is 0 Å². The monoisotopic (exact) mass is 372 g/mol. The highest BCUT2D eigenvalue weighted by Crippen LogP contribution is 2.23. The standard InChI is InChI=1S/C19H24N4O2S/c1-3-4-13-26-19-20-16-15(17(24)21-18(25)22(16)2)23(19)12-8-11-14-9-6-5-7-10-14/h5-7,9-10H,3-4,8,11-13H2,1-2H3,(H,21,24,25). The molecular formula is C19H24N4O2S. The normalized spacial score (nSPS) is 11.3. The Morgan fingerprint density at radius 2 is 1.92 bits per heavy atom.